The van der Waals surface area contributed by atoms with Crippen LogP contribution in [0.5, 0.6) is 5.75 Å². The smallest absolute Gasteiger partial charge is 0.322 e. The molecule has 0 radical (unpaired) electrons. The number of carbonyl (C=O) groups is 1. The van der Waals surface area contributed by atoms with Crippen LogP contribution in [0.4, 0.5) is 10.5 Å². The molecule has 0 spiro atoms. The summed E-state index contributed by atoms with van der Waals surface area (Å²) in [7, 11) is 0. The highest BCUT2D eigenvalue weighted by Gasteiger charge is 2.36. The molecule has 3 aromatic carbocycles. The van der Waals surface area contributed by atoms with Crippen LogP contribution in [0.15, 0.2) is 97.2 Å². The largest absolute Gasteiger partial charge is 0.494 e. The molecular formula is C33H33N5O2. The molecule has 7 nitrogen and oxygen atoms in total. The number of amides is 2. The number of hydrogen-bond donors (Lipinski definition) is 1. The molecule has 40 heavy (non-hydrogen) atoms. The lowest BCUT2D eigenvalue weighted by molar-refractivity contribution is 0.194. The topological polar surface area (TPSA) is 64.3 Å². The van der Waals surface area contributed by atoms with Crippen molar-refractivity contribution in [2.75, 3.05) is 11.9 Å². The van der Waals surface area contributed by atoms with E-state index >= 15 is 0 Å². The Hall–Kier alpha value is -4.78. The van der Waals surface area contributed by atoms with Crippen molar-refractivity contribution in [3.05, 3.63) is 125 Å². The standard InChI is InChI=1S/C33H33N5O2/c1-4-29-28-22-37(33(39)34-25-17-19-27(20-18-25)40-5-2)31(24-15-13-23(3)14-16-24)30-12-9-21-36(30)32(28)38(35-29)26-10-7-6-8-11-26/h6-21,31H,4-5,22H2,1-3H3,(H,34,39). The van der Waals surface area contributed by atoms with Crippen LogP contribution in [0.2, 0.25) is 0 Å². The Bertz CT molecular complexity index is 1620. The number of ether oxygens (including phenoxy) is 1. The van der Waals surface area contributed by atoms with Gasteiger partial charge in [-0.25, -0.2) is 9.48 Å². The van der Waals surface area contributed by atoms with E-state index in [0.717, 1.165) is 46.2 Å². The van der Waals surface area contributed by atoms with Gasteiger partial charge >= 0.3 is 6.03 Å². The number of nitrogens with zero attached hydrogens (tertiary/aromatic N) is 4. The van der Waals surface area contributed by atoms with E-state index in [4.69, 9.17) is 9.84 Å². The van der Waals surface area contributed by atoms with E-state index in [-0.39, 0.29) is 12.1 Å². The molecule has 3 heterocycles. The zero-order valence-electron chi connectivity index (χ0n) is 23.0. The van der Waals surface area contributed by atoms with Crippen molar-refractivity contribution in [3.63, 3.8) is 0 Å². The number of rotatable bonds is 6. The lowest BCUT2D eigenvalue weighted by atomic mass is 10.0. The monoisotopic (exact) mass is 531 g/mol. The van der Waals surface area contributed by atoms with E-state index in [0.29, 0.717) is 18.8 Å². The summed E-state index contributed by atoms with van der Waals surface area (Å²) >= 11 is 0. The summed E-state index contributed by atoms with van der Waals surface area (Å²) in [6, 6.07) is 29.8. The average Bonchev–Trinajstić information content (AvgIpc) is 3.56. The number of aryl methyl sites for hydroxylation is 2. The van der Waals surface area contributed by atoms with Crippen LogP contribution in [-0.4, -0.2) is 31.9 Å². The molecule has 7 heteroatoms. The Kier molecular flexibility index (Phi) is 6.86. The predicted octanol–water partition coefficient (Wildman–Crippen LogP) is 7.07. The SMILES string of the molecule is CCOc1ccc(NC(=O)N2Cc3c(CC)nn(-c4ccccc4)c3-n3cccc3C2c2ccc(C)cc2)cc1. The zero-order chi connectivity index (χ0) is 27.6. The number of hydrogen-bond acceptors (Lipinski definition) is 3. The second-order valence-electron chi connectivity index (χ2n) is 9.98. The van der Waals surface area contributed by atoms with Gasteiger partial charge in [0.05, 0.1) is 36.3 Å². The van der Waals surface area contributed by atoms with Crippen LogP contribution < -0.4 is 10.1 Å². The first-order chi connectivity index (χ1) is 19.6. The van der Waals surface area contributed by atoms with Crippen LogP contribution >= 0.6 is 0 Å². The van der Waals surface area contributed by atoms with Crippen LogP contribution in [0, 0.1) is 6.92 Å². The number of aromatic nitrogens is 3. The first-order valence-corrected chi connectivity index (χ1v) is 13.8. The van der Waals surface area contributed by atoms with Crippen molar-refractivity contribution in [1.82, 2.24) is 19.2 Å². The number of anilines is 1. The minimum atomic E-state index is -0.306. The summed E-state index contributed by atoms with van der Waals surface area (Å²) in [6.07, 6.45) is 2.83. The Balaban J connectivity index is 1.49. The zero-order valence-corrected chi connectivity index (χ0v) is 23.0. The van der Waals surface area contributed by atoms with Crippen LogP contribution in [0.1, 0.15) is 48.0 Å². The van der Waals surface area contributed by atoms with Gasteiger partial charge in [0.1, 0.15) is 11.6 Å². The summed E-state index contributed by atoms with van der Waals surface area (Å²) in [5.74, 6) is 1.74. The quantitative estimate of drug-likeness (QED) is 0.255. The number of nitrogens with one attached hydrogen (secondary N) is 1. The maximum atomic E-state index is 14.1. The number of fused-ring (bicyclic) bond motifs is 3. The van der Waals surface area contributed by atoms with E-state index in [1.807, 2.05) is 65.0 Å². The Morgan fingerprint density at radius 3 is 2.40 bits per heavy atom. The van der Waals surface area contributed by atoms with Gasteiger partial charge in [-0.15, -0.1) is 0 Å². The van der Waals surface area contributed by atoms with Crippen molar-refractivity contribution >= 4 is 11.7 Å². The minimum Gasteiger partial charge on any atom is -0.494 e. The van der Waals surface area contributed by atoms with E-state index < -0.39 is 0 Å². The highest BCUT2D eigenvalue weighted by atomic mass is 16.5. The van der Waals surface area contributed by atoms with E-state index in [9.17, 15) is 4.79 Å². The highest BCUT2D eigenvalue weighted by Crippen LogP contribution is 2.39. The Morgan fingerprint density at radius 2 is 1.70 bits per heavy atom. The summed E-state index contributed by atoms with van der Waals surface area (Å²) in [5.41, 5.74) is 6.94. The molecule has 1 aliphatic heterocycles. The molecule has 5 aromatic rings. The van der Waals surface area contributed by atoms with Crippen molar-refractivity contribution in [2.45, 2.75) is 39.8 Å². The summed E-state index contributed by atoms with van der Waals surface area (Å²) in [6.45, 7) is 7.15. The van der Waals surface area contributed by atoms with Gasteiger partial charge in [0, 0.05) is 17.4 Å². The summed E-state index contributed by atoms with van der Waals surface area (Å²) in [4.78, 5) is 16.1. The van der Waals surface area contributed by atoms with Gasteiger partial charge in [0.15, 0.2) is 0 Å². The van der Waals surface area contributed by atoms with Crippen molar-refractivity contribution in [3.8, 4) is 17.3 Å². The molecule has 202 valence electrons. The maximum absolute atomic E-state index is 14.1. The number of para-hydroxylation sites is 1. The Morgan fingerprint density at radius 1 is 0.950 bits per heavy atom. The molecule has 0 bridgehead atoms. The number of carbonyl (C=O) groups excluding carboxylic acids is 1. The fraction of sp³-hybridized carbons (Fsp3) is 0.212. The molecule has 0 saturated heterocycles. The maximum Gasteiger partial charge on any atom is 0.322 e. The van der Waals surface area contributed by atoms with Gasteiger partial charge < -0.3 is 19.5 Å². The van der Waals surface area contributed by atoms with Gasteiger partial charge in [-0.1, -0.05) is 55.0 Å². The first-order valence-electron chi connectivity index (χ1n) is 13.8. The lowest BCUT2D eigenvalue weighted by Gasteiger charge is -2.31. The fourth-order valence-corrected chi connectivity index (χ4v) is 5.44. The number of benzene rings is 3. The van der Waals surface area contributed by atoms with E-state index in [2.05, 4.69) is 72.4 Å². The molecule has 1 atom stereocenters. The molecule has 0 fully saturated rings. The molecule has 1 unspecified atom stereocenters. The minimum absolute atomic E-state index is 0.176. The van der Waals surface area contributed by atoms with Crippen LogP contribution in [-0.2, 0) is 13.0 Å². The lowest BCUT2D eigenvalue weighted by Crippen LogP contribution is -2.38. The van der Waals surface area contributed by atoms with Crippen molar-refractivity contribution in [1.29, 1.82) is 0 Å². The molecule has 6 rings (SSSR count). The first kappa shape index (κ1) is 25.5. The molecule has 1 N–H and O–H groups in total. The fourth-order valence-electron chi connectivity index (χ4n) is 5.44. The molecule has 2 aromatic heterocycles. The third-order valence-corrected chi connectivity index (χ3v) is 7.37. The number of urea groups is 1. The Labute approximate surface area is 234 Å². The average molecular weight is 532 g/mol. The van der Waals surface area contributed by atoms with Crippen LogP contribution in [0.25, 0.3) is 11.5 Å². The van der Waals surface area contributed by atoms with Crippen molar-refractivity contribution < 1.29 is 9.53 Å². The van der Waals surface area contributed by atoms with Gasteiger partial charge in [0.2, 0.25) is 0 Å². The second kappa shape index (κ2) is 10.8. The second-order valence-corrected chi connectivity index (χ2v) is 9.98. The third-order valence-electron chi connectivity index (χ3n) is 7.37. The van der Waals surface area contributed by atoms with Gasteiger partial charge in [-0.3, -0.25) is 0 Å². The molecular weight excluding hydrogens is 498 g/mol. The third kappa shape index (κ3) is 4.64. The van der Waals surface area contributed by atoms with Gasteiger partial charge in [-0.2, -0.15) is 5.10 Å². The predicted molar refractivity (Wildman–Crippen MR) is 157 cm³/mol. The van der Waals surface area contributed by atoms with Crippen molar-refractivity contribution in [2.24, 2.45) is 0 Å². The molecule has 0 aliphatic carbocycles. The highest BCUT2D eigenvalue weighted by molar-refractivity contribution is 5.90. The van der Waals surface area contributed by atoms with E-state index in [1.54, 1.807) is 0 Å². The summed E-state index contributed by atoms with van der Waals surface area (Å²) in [5, 5.41) is 8.18. The van der Waals surface area contributed by atoms with Crippen LogP contribution in [0.3, 0.4) is 0 Å². The van der Waals surface area contributed by atoms with Gasteiger partial charge in [-0.05, 0) is 74.4 Å². The van der Waals surface area contributed by atoms with E-state index in [1.165, 1.54) is 5.56 Å². The normalized spacial score (nSPS) is 14.3. The molecule has 1 aliphatic rings. The molecule has 2 amide bonds. The van der Waals surface area contributed by atoms with Gasteiger partial charge in [0.25, 0.3) is 0 Å². The summed E-state index contributed by atoms with van der Waals surface area (Å²) < 4.78 is 9.79. The molecule has 0 saturated carbocycles.